The van der Waals surface area contributed by atoms with Crippen molar-refractivity contribution in [2.75, 3.05) is 26.7 Å². The lowest BCUT2D eigenvalue weighted by Crippen LogP contribution is -2.50. The number of hydrogen-bond donors (Lipinski definition) is 1. The van der Waals surface area contributed by atoms with Gasteiger partial charge in [-0.15, -0.1) is 0 Å². The molecule has 2 aliphatic rings. The molecular formula is C15H30N2O. The highest BCUT2D eigenvalue weighted by Crippen LogP contribution is 2.27. The first kappa shape index (κ1) is 14.3. The van der Waals surface area contributed by atoms with E-state index in [0.29, 0.717) is 12.1 Å². The molecule has 0 bridgehead atoms. The molecule has 2 fully saturated rings. The zero-order chi connectivity index (χ0) is 12.8. The minimum Gasteiger partial charge on any atom is -0.381 e. The second-order valence-electron chi connectivity index (χ2n) is 6.12. The van der Waals surface area contributed by atoms with Gasteiger partial charge in [-0.25, -0.2) is 0 Å². The van der Waals surface area contributed by atoms with Gasteiger partial charge in [0.05, 0.1) is 6.10 Å². The molecule has 1 aliphatic heterocycles. The molecule has 1 saturated heterocycles. The maximum Gasteiger partial charge on any atom is 0.0599 e. The number of rotatable bonds is 4. The number of piperidine rings is 1. The van der Waals surface area contributed by atoms with Crippen LogP contribution < -0.4 is 5.73 Å². The fraction of sp³-hybridized carbons (Fsp3) is 1.00. The van der Waals surface area contributed by atoms with Gasteiger partial charge in [0, 0.05) is 32.8 Å². The number of hydrogen-bond acceptors (Lipinski definition) is 3. The lowest BCUT2D eigenvalue weighted by molar-refractivity contribution is 0.00691. The van der Waals surface area contributed by atoms with Gasteiger partial charge in [-0.2, -0.15) is 0 Å². The Bertz CT molecular complexity index is 227. The van der Waals surface area contributed by atoms with Crippen molar-refractivity contribution in [1.82, 2.24) is 4.90 Å². The quantitative estimate of drug-likeness (QED) is 0.783. The molecule has 2 atom stereocenters. The molecule has 106 valence electrons. The Morgan fingerprint density at radius 1 is 1.11 bits per heavy atom. The average molecular weight is 254 g/mol. The third kappa shape index (κ3) is 3.94. The minimum absolute atomic E-state index is 0.434. The maximum atomic E-state index is 5.95. The van der Waals surface area contributed by atoms with Gasteiger partial charge in [0.1, 0.15) is 0 Å². The number of methoxy groups -OCH3 is 1. The molecule has 0 aromatic carbocycles. The van der Waals surface area contributed by atoms with Gasteiger partial charge in [0.2, 0.25) is 0 Å². The van der Waals surface area contributed by atoms with Crippen LogP contribution in [0.1, 0.15) is 51.4 Å². The van der Waals surface area contributed by atoms with Gasteiger partial charge < -0.3 is 10.5 Å². The predicted octanol–water partition coefficient (Wildman–Crippen LogP) is 2.39. The first-order valence-corrected chi connectivity index (χ1v) is 7.80. The van der Waals surface area contributed by atoms with E-state index in [9.17, 15) is 0 Å². The summed E-state index contributed by atoms with van der Waals surface area (Å²) in [7, 11) is 1.83. The summed E-state index contributed by atoms with van der Waals surface area (Å²) in [5.41, 5.74) is 5.95. The normalized spacial score (nSPS) is 32.3. The van der Waals surface area contributed by atoms with Crippen LogP contribution in [0.3, 0.4) is 0 Å². The second-order valence-corrected chi connectivity index (χ2v) is 6.12. The molecule has 0 aromatic rings. The lowest BCUT2D eigenvalue weighted by atomic mass is 9.94. The van der Waals surface area contributed by atoms with Crippen LogP contribution >= 0.6 is 0 Å². The number of nitrogens with zero attached hydrogens (tertiary/aromatic N) is 1. The van der Waals surface area contributed by atoms with Crippen molar-refractivity contribution in [1.29, 1.82) is 0 Å². The Balaban J connectivity index is 1.83. The molecule has 1 saturated carbocycles. The van der Waals surface area contributed by atoms with Crippen molar-refractivity contribution in [3.05, 3.63) is 0 Å². The van der Waals surface area contributed by atoms with E-state index in [4.69, 9.17) is 10.5 Å². The molecule has 0 amide bonds. The highest BCUT2D eigenvalue weighted by atomic mass is 16.5. The molecule has 1 heterocycles. The zero-order valence-corrected chi connectivity index (χ0v) is 11.9. The van der Waals surface area contributed by atoms with Crippen molar-refractivity contribution < 1.29 is 4.74 Å². The summed E-state index contributed by atoms with van der Waals surface area (Å²) in [5, 5.41) is 0. The van der Waals surface area contributed by atoms with Crippen molar-refractivity contribution >= 4 is 0 Å². The van der Waals surface area contributed by atoms with Crippen molar-refractivity contribution in [2.45, 2.75) is 63.5 Å². The topological polar surface area (TPSA) is 38.5 Å². The van der Waals surface area contributed by atoms with E-state index in [0.717, 1.165) is 18.9 Å². The number of ether oxygens (including phenoxy) is 1. The second kappa shape index (κ2) is 7.46. The summed E-state index contributed by atoms with van der Waals surface area (Å²) in [4.78, 5) is 2.64. The summed E-state index contributed by atoms with van der Waals surface area (Å²) >= 11 is 0. The fourth-order valence-electron chi connectivity index (χ4n) is 3.64. The van der Waals surface area contributed by atoms with Crippen molar-refractivity contribution in [2.24, 2.45) is 11.7 Å². The largest absolute Gasteiger partial charge is 0.381 e. The standard InChI is InChI=1S/C15H30N2O/c1-18-15-8-9-17(14(10-15)11-16)12-13-6-4-2-3-5-7-13/h13-15H,2-12,16H2,1H3. The Labute approximate surface area is 112 Å². The van der Waals surface area contributed by atoms with Gasteiger partial charge in [0.15, 0.2) is 0 Å². The Morgan fingerprint density at radius 2 is 1.83 bits per heavy atom. The van der Waals surface area contributed by atoms with Crippen LogP contribution in [-0.4, -0.2) is 43.8 Å². The monoisotopic (exact) mass is 254 g/mol. The predicted molar refractivity (Wildman–Crippen MR) is 75.6 cm³/mol. The highest BCUT2D eigenvalue weighted by molar-refractivity contribution is 4.84. The molecule has 2 N–H and O–H groups in total. The molecule has 3 nitrogen and oxygen atoms in total. The molecule has 2 unspecified atom stereocenters. The Kier molecular flexibility index (Phi) is 5.93. The van der Waals surface area contributed by atoms with Gasteiger partial charge in [-0.1, -0.05) is 25.7 Å². The number of likely N-dealkylation sites (tertiary alicyclic amines) is 1. The molecule has 0 radical (unpaired) electrons. The molecule has 18 heavy (non-hydrogen) atoms. The minimum atomic E-state index is 0.434. The van der Waals surface area contributed by atoms with Crippen molar-refractivity contribution in [3.63, 3.8) is 0 Å². The summed E-state index contributed by atoms with van der Waals surface area (Å²) in [6, 6.07) is 0.548. The van der Waals surface area contributed by atoms with E-state index in [1.165, 1.54) is 58.0 Å². The van der Waals surface area contributed by atoms with E-state index in [1.807, 2.05) is 7.11 Å². The highest BCUT2D eigenvalue weighted by Gasteiger charge is 2.29. The van der Waals surface area contributed by atoms with Gasteiger partial charge in [-0.05, 0) is 31.6 Å². The van der Waals surface area contributed by atoms with Crippen LogP contribution in [0.5, 0.6) is 0 Å². The maximum absolute atomic E-state index is 5.95. The molecule has 0 spiro atoms. The van der Waals surface area contributed by atoms with E-state index in [-0.39, 0.29) is 0 Å². The van der Waals surface area contributed by atoms with Crippen LogP contribution in [0.15, 0.2) is 0 Å². The zero-order valence-electron chi connectivity index (χ0n) is 11.9. The third-order valence-corrected chi connectivity index (χ3v) is 4.86. The third-order valence-electron chi connectivity index (χ3n) is 4.86. The average Bonchev–Trinajstić information content (AvgIpc) is 2.68. The van der Waals surface area contributed by atoms with E-state index in [1.54, 1.807) is 0 Å². The van der Waals surface area contributed by atoms with Gasteiger partial charge in [-0.3, -0.25) is 4.90 Å². The van der Waals surface area contributed by atoms with Crippen LogP contribution in [0.4, 0.5) is 0 Å². The fourth-order valence-corrected chi connectivity index (χ4v) is 3.64. The van der Waals surface area contributed by atoms with Crippen LogP contribution in [0, 0.1) is 5.92 Å². The Morgan fingerprint density at radius 3 is 2.44 bits per heavy atom. The van der Waals surface area contributed by atoms with Crippen LogP contribution in [-0.2, 0) is 4.74 Å². The molecule has 3 heteroatoms. The summed E-state index contributed by atoms with van der Waals surface area (Å²) in [5.74, 6) is 0.917. The van der Waals surface area contributed by atoms with Crippen molar-refractivity contribution in [3.8, 4) is 0 Å². The molecule has 1 aliphatic carbocycles. The van der Waals surface area contributed by atoms with Gasteiger partial charge in [0.25, 0.3) is 0 Å². The van der Waals surface area contributed by atoms with E-state index >= 15 is 0 Å². The molecule has 0 aromatic heterocycles. The number of nitrogens with two attached hydrogens (primary N) is 1. The summed E-state index contributed by atoms with van der Waals surface area (Å²) in [6.45, 7) is 3.24. The van der Waals surface area contributed by atoms with E-state index in [2.05, 4.69) is 4.90 Å². The lowest BCUT2D eigenvalue weighted by Gasteiger charge is -2.40. The first-order chi connectivity index (χ1) is 8.83. The smallest absolute Gasteiger partial charge is 0.0599 e. The van der Waals surface area contributed by atoms with Gasteiger partial charge >= 0.3 is 0 Å². The van der Waals surface area contributed by atoms with Crippen LogP contribution in [0.25, 0.3) is 0 Å². The SMILES string of the molecule is COC1CCN(CC2CCCCCC2)C(CN)C1. The Hall–Kier alpha value is -0.120. The molecule has 2 rings (SSSR count). The molecular weight excluding hydrogens is 224 g/mol. The summed E-state index contributed by atoms with van der Waals surface area (Å²) < 4.78 is 5.50. The first-order valence-electron chi connectivity index (χ1n) is 7.80. The van der Waals surface area contributed by atoms with Crippen LogP contribution in [0.2, 0.25) is 0 Å². The van der Waals surface area contributed by atoms with E-state index < -0.39 is 0 Å². The summed E-state index contributed by atoms with van der Waals surface area (Å²) in [6.07, 6.45) is 11.4.